The largest absolute Gasteiger partial charge is 0.325 e. The van der Waals surface area contributed by atoms with Gasteiger partial charge in [-0.15, -0.1) is 0 Å². The average molecular weight is 209 g/mol. The van der Waals surface area contributed by atoms with Crippen LogP contribution in [0.4, 0.5) is 0 Å². The van der Waals surface area contributed by atoms with Crippen LogP contribution in [0.25, 0.3) is 0 Å². The number of rotatable bonds is 4. The summed E-state index contributed by atoms with van der Waals surface area (Å²) in [5.41, 5.74) is 6.56. The fourth-order valence-corrected chi connectivity index (χ4v) is 3.86. The summed E-state index contributed by atoms with van der Waals surface area (Å²) in [5, 5.41) is 0. The Balaban J connectivity index is 1.91. The van der Waals surface area contributed by atoms with Gasteiger partial charge in [0.15, 0.2) is 0 Å². The average Bonchev–Trinajstić information content (AvgIpc) is 2.77. The molecule has 0 aromatic heterocycles. The van der Waals surface area contributed by atoms with E-state index >= 15 is 0 Å². The normalized spacial score (nSPS) is 40.4. The van der Waals surface area contributed by atoms with Crippen molar-refractivity contribution in [1.82, 2.24) is 0 Å². The highest BCUT2D eigenvalue weighted by Crippen LogP contribution is 2.51. The molecule has 5 unspecified atom stereocenters. The SMILES string of the molecule is CCC(C)C(C)(N)CC1CC2CCC1C2. The fraction of sp³-hybridized carbons (Fsp3) is 1.00. The lowest BCUT2D eigenvalue weighted by molar-refractivity contribution is 0.200. The third-order valence-electron chi connectivity index (χ3n) is 5.32. The molecule has 0 radical (unpaired) electrons. The smallest absolute Gasteiger partial charge is 0.0154 e. The maximum absolute atomic E-state index is 6.48. The van der Waals surface area contributed by atoms with E-state index in [1.165, 1.54) is 38.5 Å². The van der Waals surface area contributed by atoms with Gasteiger partial charge in [-0.05, 0) is 56.3 Å². The Morgan fingerprint density at radius 1 is 1.33 bits per heavy atom. The molecule has 88 valence electrons. The standard InChI is InChI=1S/C14H27N/c1-4-10(2)14(3,15)9-13-8-11-5-6-12(13)7-11/h10-13H,4-9,15H2,1-3H3. The molecular formula is C14H27N. The molecule has 2 aliphatic carbocycles. The Hall–Kier alpha value is -0.0400. The van der Waals surface area contributed by atoms with Crippen LogP contribution in [0.15, 0.2) is 0 Å². The summed E-state index contributed by atoms with van der Waals surface area (Å²) in [4.78, 5) is 0. The number of hydrogen-bond donors (Lipinski definition) is 1. The first-order valence-electron chi connectivity index (χ1n) is 6.81. The topological polar surface area (TPSA) is 26.0 Å². The van der Waals surface area contributed by atoms with Crippen LogP contribution in [0.1, 0.15) is 59.3 Å². The van der Waals surface area contributed by atoms with Gasteiger partial charge < -0.3 is 5.73 Å². The molecule has 15 heavy (non-hydrogen) atoms. The molecule has 0 saturated heterocycles. The Labute approximate surface area is 94.8 Å². The van der Waals surface area contributed by atoms with Crippen molar-refractivity contribution in [3.8, 4) is 0 Å². The highest BCUT2D eigenvalue weighted by Gasteiger charge is 2.42. The van der Waals surface area contributed by atoms with Crippen molar-refractivity contribution in [3.63, 3.8) is 0 Å². The van der Waals surface area contributed by atoms with E-state index in [0.29, 0.717) is 5.92 Å². The van der Waals surface area contributed by atoms with Gasteiger partial charge in [-0.25, -0.2) is 0 Å². The molecule has 2 N–H and O–H groups in total. The van der Waals surface area contributed by atoms with Gasteiger partial charge in [0.1, 0.15) is 0 Å². The van der Waals surface area contributed by atoms with Gasteiger partial charge in [-0.1, -0.05) is 26.7 Å². The Morgan fingerprint density at radius 2 is 2.07 bits per heavy atom. The van der Waals surface area contributed by atoms with E-state index < -0.39 is 0 Å². The first-order chi connectivity index (χ1) is 7.03. The van der Waals surface area contributed by atoms with Crippen molar-refractivity contribution in [2.24, 2.45) is 29.4 Å². The quantitative estimate of drug-likeness (QED) is 0.752. The van der Waals surface area contributed by atoms with Crippen LogP contribution >= 0.6 is 0 Å². The third-order valence-corrected chi connectivity index (χ3v) is 5.32. The number of nitrogens with two attached hydrogens (primary N) is 1. The summed E-state index contributed by atoms with van der Waals surface area (Å²) in [5.74, 6) is 3.71. The number of hydrogen-bond acceptors (Lipinski definition) is 1. The fourth-order valence-electron chi connectivity index (χ4n) is 3.86. The van der Waals surface area contributed by atoms with Crippen LogP contribution in [0.3, 0.4) is 0 Å². The minimum Gasteiger partial charge on any atom is -0.325 e. The summed E-state index contributed by atoms with van der Waals surface area (Å²) >= 11 is 0. The van der Waals surface area contributed by atoms with Crippen LogP contribution in [0.5, 0.6) is 0 Å². The molecule has 1 heteroatoms. The summed E-state index contributed by atoms with van der Waals surface area (Å²) in [6, 6.07) is 0. The van der Waals surface area contributed by atoms with E-state index in [-0.39, 0.29) is 5.54 Å². The second-order valence-electron chi connectivity index (χ2n) is 6.45. The van der Waals surface area contributed by atoms with Crippen LogP contribution in [-0.4, -0.2) is 5.54 Å². The van der Waals surface area contributed by atoms with Crippen LogP contribution in [0.2, 0.25) is 0 Å². The molecule has 0 aromatic rings. The van der Waals surface area contributed by atoms with E-state index in [4.69, 9.17) is 5.73 Å². The van der Waals surface area contributed by atoms with Crippen molar-refractivity contribution in [1.29, 1.82) is 0 Å². The van der Waals surface area contributed by atoms with Gasteiger partial charge in [-0.2, -0.15) is 0 Å². The molecule has 0 amide bonds. The van der Waals surface area contributed by atoms with Crippen molar-refractivity contribution in [2.45, 2.75) is 64.8 Å². The Bertz CT molecular complexity index is 221. The first kappa shape index (κ1) is 11.4. The second-order valence-corrected chi connectivity index (χ2v) is 6.45. The molecule has 2 saturated carbocycles. The summed E-state index contributed by atoms with van der Waals surface area (Å²) in [7, 11) is 0. The summed E-state index contributed by atoms with van der Waals surface area (Å²) < 4.78 is 0. The molecule has 1 nitrogen and oxygen atoms in total. The lowest BCUT2D eigenvalue weighted by Crippen LogP contribution is -2.45. The maximum Gasteiger partial charge on any atom is 0.0154 e. The van der Waals surface area contributed by atoms with E-state index in [2.05, 4.69) is 20.8 Å². The molecule has 2 aliphatic rings. The monoisotopic (exact) mass is 209 g/mol. The van der Waals surface area contributed by atoms with E-state index in [1.54, 1.807) is 0 Å². The van der Waals surface area contributed by atoms with Gasteiger partial charge in [-0.3, -0.25) is 0 Å². The molecule has 2 bridgehead atoms. The Morgan fingerprint density at radius 3 is 2.53 bits per heavy atom. The van der Waals surface area contributed by atoms with Gasteiger partial charge in [0.25, 0.3) is 0 Å². The lowest BCUT2D eigenvalue weighted by Gasteiger charge is -2.36. The van der Waals surface area contributed by atoms with Crippen molar-refractivity contribution in [3.05, 3.63) is 0 Å². The summed E-state index contributed by atoms with van der Waals surface area (Å²) in [6.45, 7) is 6.84. The van der Waals surface area contributed by atoms with E-state index in [1.807, 2.05) is 0 Å². The highest BCUT2D eigenvalue weighted by molar-refractivity contribution is 4.95. The molecular weight excluding hydrogens is 182 g/mol. The van der Waals surface area contributed by atoms with Gasteiger partial charge in [0.05, 0.1) is 0 Å². The van der Waals surface area contributed by atoms with Crippen LogP contribution in [-0.2, 0) is 0 Å². The maximum atomic E-state index is 6.48. The summed E-state index contributed by atoms with van der Waals surface area (Å²) in [6.07, 6.45) is 8.48. The van der Waals surface area contributed by atoms with Gasteiger partial charge in [0, 0.05) is 5.54 Å². The molecule has 0 heterocycles. The van der Waals surface area contributed by atoms with E-state index in [0.717, 1.165) is 17.8 Å². The molecule has 2 fully saturated rings. The zero-order valence-corrected chi connectivity index (χ0v) is 10.6. The van der Waals surface area contributed by atoms with Crippen molar-refractivity contribution in [2.75, 3.05) is 0 Å². The van der Waals surface area contributed by atoms with Gasteiger partial charge in [0.2, 0.25) is 0 Å². The Kier molecular flexibility index (Phi) is 3.12. The number of fused-ring (bicyclic) bond motifs is 2. The van der Waals surface area contributed by atoms with Crippen molar-refractivity contribution < 1.29 is 0 Å². The molecule has 5 atom stereocenters. The molecule has 0 aliphatic heterocycles. The lowest BCUT2D eigenvalue weighted by atomic mass is 9.74. The molecule has 0 aromatic carbocycles. The van der Waals surface area contributed by atoms with E-state index in [9.17, 15) is 0 Å². The molecule has 2 rings (SSSR count). The third kappa shape index (κ3) is 2.22. The second kappa shape index (κ2) is 4.08. The predicted molar refractivity (Wildman–Crippen MR) is 65.6 cm³/mol. The minimum absolute atomic E-state index is 0.0733. The van der Waals surface area contributed by atoms with Gasteiger partial charge >= 0.3 is 0 Å². The minimum atomic E-state index is 0.0733. The highest BCUT2D eigenvalue weighted by atomic mass is 14.7. The predicted octanol–water partition coefficient (Wildman–Crippen LogP) is 3.58. The zero-order valence-electron chi connectivity index (χ0n) is 10.6. The molecule has 0 spiro atoms. The van der Waals surface area contributed by atoms with Crippen LogP contribution in [0, 0.1) is 23.7 Å². The van der Waals surface area contributed by atoms with Crippen LogP contribution < -0.4 is 5.73 Å². The zero-order chi connectivity index (χ0) is 11.1. The first-order valence-corrected chi connectivity index (χ1v) is 6.81. The van der Waals surface area contributed by atoms with Crippen molar-refractivity contribution >= 4 is 0 Å².